The fourth-order valence-corrected chi connectivity index (χ4v) is 2.83. The molecule has 0 fully saturated rings. The van der Waals surface area contributed by atoms with E-state index in [0.29, 0.717) is 5.92 Å². The fourth-order valence-electron chi connectivity index (χ4n) is 2.83. The molecule has 0 saturated heterocycles. The first kappa shape index (κ1) is 10.6. The normalized spacial score (nSPS) is 26.9. The Labute approximate surface area is 102 Å². The standard InChI is InChI=1S/C16H18O/c1-4-16(3)11(2)15-13-8-6-5-7-12(13)9-10-14(15)17-16/h5-11H,4H2,1-3H3/t11-,16-/m1/s1. The molecule has 1 aliphatic heterocycles. The van der Waals surface area contributed by atoms with Crippen molar-refractivity contribution in [2.24, 2.45) is 0 Å². The Morgan fingerprint density at radius 3 is 2.71 bits per heavy atom. The molecule has 0 saturated carbocycles. The summed E-state index contributed by atoms with van der Waals surface area (Å²) < 4.78 is 6.16. The Morgan fingerprint density at radius 2 is 1.94 bits per heavy atom. The topological polar surface area (TPSA) is 9.23 Å². The van der Waals surface area contributed by atoms with Crippen LogP contribution in [0.1, 0.15) is 38.7 Å². The van der Waals surface area contributed by atoms with E-state index >= 15 is 0 Å². The van der Waals surface area contributed by atoms with Crippen molar-refractivity contribution in [3.63, 3.8) is 0 Å². The summed E-state index contributed by atoms with van der Waals surface area (Å²) in [7, 11) is 0. The van der Waals surface area contributed by atoms with Crippen LogP contribution >= 0.6 is 0 Å². The molecule has 0 aromatic heterocycles. The average Bonchev–Trinajstić information content (AvgIpc) is 2.63. The Morgan fingerprint density at radius 1 is 1.18 bits per heavy atom. The molecule has 0 radical (unpaired) electrons. The molecule has 1 nitrogen and oxygen atoms in total. The average molecular weight is 226 g/mol. The van der Waals surface area contributed by atoms with Crippen molar-refractivity contribution < 1.29 is 4.74 Å². The number of fused-ring (bicyclic) bond motifs is 3. The second-order valence-electron chi connectivity index (χ2n) is 5.19. The van der Waals surface area contributed by atoms with E-state index in [-0.39, 0.29) is 5.60 Å². The summed E-state index contributed by atoms with van der Waals surface area (Å²) in [5, 5.41) is 2.65. The molecule has 1 aliphatic rings. The first-order valence-electron chi connectivity index (χ1n) is 6.36. The van der Waals surface area contributed by atoms with Crippen molar-refractivity contribution in [3.05, 3.63) is 42.0 Å². The van der Waals surface area contributed by atoms with Gasteiger partial charge < -0.3 is 4.74 Å². The van der Waals surface area contributed by atoms with E-state index in [4.69, 9.17) is 4.74 Å². The highest BCUT2D eigenvalue weighted by atomic mass is 16.5. The van der Waals surface area contributed by atoms with Gasteiger partial charge in [0.2, 0.25) is 0 Å². The lowest BCUT2D eigenvalue weighted by atomic mass is 9.83. The predicted molar refractivity (Wildman–Crippen MR) is 71.7 cm³/mol. The van der Waals surface area contributed by atoms with Gasteiger partial charge in [0.1, 0.15) is 11.4 Å². The van der Waals surface area contributed by atoms with Crippen molar-refractivity contribution in [2.75, 3.05) is 0 Å². The van der Waals surface area contributed by atoms with Crippen LogP contribution in [0.2, 0.25) is 0 Å². The quantitative estimate of drug-likeness (QED) is 0.695. The third kappa shape index (κ3) is 1.38. The number of hydrogen-bond acceptors (Lipinski definition) is 1. The minimum atomic E-state index is -0.0491. The molecule has 0 aliphatic carbocycles. The predicted octanol–water partition coefficient (Wildman–Crippen LogP) is 4.50. The fraction of sp³-hybridized carbons (Fsp3) is 0.375. The highest BCUT2D eigenvalue weighted by molar-refractivity contribution is 5.89. The summed E-state index contributed by atoms with van der Waals surface area (Å²) in [5.41, 5.74) is 1.33. The molecule has 17 heavy (non-hydrogen) atoms. The molecule has 1 heterocycles. The lowest BCUT2D eigenvalue weighted by Gasteiger charge is -2.27. The lowest BCUT2D eigenvalue weighted by molar-refractivity contribution is 0.0896. The molecule has 0 bridgehead atoms. The van der Waals surface area contributed by atoms with Gasteiger partial charge in [0.15, 0.2) is 0 Å². The molecule has 2 atom stereocenters. The maximum absolute atomic E-state index is 6.16. The van der Waals surface area contributed by atoms with E-state index in [9.17, 15) is 0 Å². The second kappa shape index (κ2) is 3.49. The van der Waals surface area contributed by atoms with Crippen molar-refractivity contribution in [1.82, 2.24) is 0 Å². The molecule has 0 amide bonds. The molecule has 2 aromatic carbocycles. The third-order valence-electron chi connectivity index (χ3n) is 4.32. The maximum atomic E-state index is 6.16. The zero-order valence-corrected chi connectivity index (χ0v) is 10.7. The molecule has 0 spiro atoms. The van der Waals surface area contributed by atoms with E-state index in [0.717, 1.165) is 12.2 Å². The van der Waals surface area contributed by atoms with Crippen LogP contribution in [0.3, 0.4) is 0 Å². The molecule has 88 valence electrons. The number of benzene rings is 2. The summed E-state index contributed by atoms with van der Waals surface area (Å²) >= 11 is 0. The van der Waals surface area contributed by atoms with E-state index in [1.807, 2.05) is 0 Å². The van der Waals surface area contributed by atoms with Crippen LogP contribution in [0.5, 0.6) is 5.75 Å². The maximum Gasteiger partial charge on any atom is 0.124 e. The SMILES string of the molecule is CC[C@@]1(C)Oc2ccc3ccccc3c2[C@H]1C. The number of rotatable bonds is 1. The van der Waals surface area contributed by atoms with Gasteiger partial charge in [-0.1, -0.05) is 44.2 Å². The van der Waals surface area contributed by atoms with Crippen molar-refractivity contribution in [2.45, 2.75) is 38.7 Å². The molecule has 0 unspecified atom stereocenters. The minimum Gasteiger partial charge on any atom is -0.487 e. The van der Waals surface area contributed by atoms with Crippen molar-refractivity contribution in [3.8, 4) is 5.75 Å². The molecule has 0 N–H and O–H groups in total. The summed E-state index contributed by atoms with van der Waals surface area (Å²) in [5.74, 6) is 1.52. The summed E-state index contributed by atoms with van der Waals surface area (Å²) in [6.45, 7) is 6.69. The zero-order valence-electron chi connectivity index (χ0n) is 10.7. The molecule has 2 aromatic rings. The van der Waals surface area contributed by atoms with Gasteiger partial charge in [0, 0.05) is 11.5 Å². The van der Waals surface area contributed by atoms with Gasteiger partial charge in [-0.15, -0.1) is 0 Å². The van der Waals surface area contributed by atoms with E-state index < -0.39 is 0 Å². The Balaban J connectivity index is 2.27. The van der Waals surface area contributed by atoms with Crippen molar-refractivity contribution in [1.29, 1.82) is 0 Å². The molecule has 3 rings (SSSR count). The second-order valence-corrected chi connectivity index (χ2v) is 5.19. The monoisotopic (exact) mass is 226 g/mol. The van der Waals surface area contributed by atoms with Crippen LogP contribution in [0.15, 0.2) is 36.4 Å². The van der Waals surface area contributed by atoms with Crippen LogP contribution in [0, 0.1) is 0 Å². The van der Waals surface area contributed by atoms with Gasteiger partial charge in [-0.3, -0.25) is 0 Å². The highest BCUT2D eigenvalue weighted by Gasteiger charge is 2.41. The Bertz CT molecular complexity index is 573. The van der Waals surface area contributed by atoms with Crippen LogP contribution in [-0.4, -0.2) is 5.60 Å². The third-order valence-corrected chi connectivity index (χ3v) is 4.32. The smallest absolute Gasteiger partial charge is 0.124 e. The van der Waals surface area contributed by atoms with Gasteiger partial charge in [-0.2, -0.15) is 0 Å². The summed E-state index contributed by atoms with van der Waals surface area (Å²) in [6.07, 6.45) is 1.04. The van der Waals surface area contributed by atoms with Crippen LogP contribution in [0.25, 0.3) is 10.8 Å². The summed E-state index contributed by atoms with van der Waals surface area (Å²) in [6, 6.07) is 12.8. The largest absolute Gasteiger partial charge is 0.487 e. The van der Waals surface area contributed by atoms with Crippen molar-refractivity contribution >= 4 is 10.8 Å². The zero-order chi connectivity index (χ0) is 12.0. The van der Waals surface area contributed by atoms with Gasteiger partial charge in [0.05, 0.1) is 0 Å². The molecule has 1 heteroatoms. The van der Waals surface area contributed by atoms with Gasteiger partial charge in [-0.05, 0) is 30.2 Å². The van der Waals surface area contributed by atoms with Crippen LogP contribution < -0.4 is 4.74 Å². The summed E-state index contributed by atoms with van der Waals surface area (Å²) in [4.78, 5) is 0. The Hall–Kier alpha value is -1.50. The number of hydrogen-bond donors (Lipinski definition) is 0. The van der Waals surface area contributed by atoms with E-state index in [1.165, 1.54) is 16.3 Å². The highest BCUT2D eigenvalue weighted by Crippen LogP contribution is 2.48. The van der Waals surface area contributed by atoms with Gasteiger partial charge >= 0.3 is 0 Å². The van der Waals surface area contributed by atoms with Gasteiger partial charge in [0.25, 0.3) is 0 Å². The van der Waals surface area contributed by atoms with E-state index in [2.05, 4.69) is 57.2 Å². The number of ether oxygens (including phenoxy) is 1. The first-order chi connectivity index (χ1) is 8.15. The lowest BCUT2D eigenvalue weighted by Crippen LogP contribution is -2.31. The first-order valence-corrected chi connectivity index (χ1v) is 6.36. The van der Waals surface area contributed by atoms with Crippen LogP contribution in [-0.2, 0) is 0 Å². The Kier molecular flexibility index (Phi) is 2.19. The van der Waals surface area contributed by atoms with Gasteiger partial charge in [-0.25, -0.2) is 0 Å². The molecular formula is C16H18O. The molecular weight excluding hydrogens is 208 g/mol. The van der Waals surface area contributed by atoms with Crippen LogP contribution in [0.4, 0.5) is 0 Å². The van der Waals surface area contributed by atoms with E-state index in [1.54, 1.807) is 0 Å². The minimum absolute atomic E-state index is 0.0491.